The Labute approximate surface area is 156 Å². The van der Waals surface area contributed by atoms with Crippen LogP contribution in [0.4, 0.5) is 0 Å². The first-order chi connectivity index (χ1) is 12.7. The molecular formula is C22H27N3O. The Morgan fingerprint density at radius 1 is 1.19 bits per heavy atom. The van der Waals surface area contributed by atoms with Gasteiger partial charge in [0.2, 0.25) is 0 Å². The summed E-state index contributed by atoms with van der Waals surface area (Å²) in [6, 6.07) is 19.2. The third-order valence-electron chi connectivity index (χ3n) is 4.95. The van der Waals surface area contributed by atoms with Gasteiger partial charge in [-0.1, -0.05) is 24.3 Å². The third-order valence-corrected chi connectivity index (χ3v) is 4.95. The number of hydrogen-bond donors (Lipinski definition) is 1. The molecule has 0 heterocycles. The van der Waals surface area contributed by atoms with Crippen LogP contribution >= 0.6 is 0 Å². The van der Waals surface area contributed by atoms with Crippen LogP contribution in [-0.2, 0) is 13.2 Å². The lowest BCUT2D eigenvalue weighted by Crippen LogP contribution is -2.38. The Kier molecular flexibility index (Phi) is 6.27. The second-order valence-corrected chi connectivity index (χ2v) is 7.12. The normalized spacial score (nSPS) is 14.8. The minimum atomic E-state index is 0.468. The fourth-order valence-electron chi connectivity index (χ4n) is 3.05. The van der Waals surface area contributed by atoms with Gasteiger partial charge in [0.05, 0.1) is 11.6 Å². The van der Waals surface area contributed by atoms with E-state index in [0.29, 0.717) is 18.2 Å². The van der Waals surface area contributed by atoms with E-state index in [-0.39, 0.29) is 0 Å². The molecule has 1 N–H and O–H groups in total. The predicted molar refractivity (Wildman–Crippen MR) is 104 cm³/mol. The van der Waals surface area contributed by atoms with Crippen molar-refractivity contribution in [3.05, 3.63) is 65.2 Å². The molecule has 0 spiro atoms. The number of nitriles is 1. The molecule has 4 nitrogen and oxygen atoms in total. The molecule has 2 aromatic carbocycles. The molecule has 0 bridgehead atoms. The quantitative estimate of drug-likeness (QED) is 0.750. The molecule has 0 saturated heterocycles. The highest BCUT2D eigenvalue weighted by Crippen LogP contribution is 2.26. The minimum Gasteiger partial charge on any atom is -0.489 e. The summed E-state index contributed by atoms with van der Waals surface area (Å²) in [6.45, 7) is 4.57. The number of rotatable bonds is 9. The molecule has 0 aromatic heterocycles. The van der Waals surface area contributed by atoms with Crippen molar-refractivity contribution in [1.82, 2.24) is 10.2 Å². The van der Waals surface area contributed by atoms with E-state index < -0.39 is 0 Å². The molecule has 26 heavy (non-hydrogen) atoms. The zero-order valence-corrected chi connectivity index (χ0v) is 15.6. The summed E-state index contributed by atoms with van der Waals surface area (Å²) >= 11 is 0. The van der Waals surface area contributed by atoms with Crippen molar-refractivity contribution in [3.63, 3.8) is 0 Å². The lowest BCUT2D eigenvalue weighted by molar-refractivity contribution is 0.241. The summed E-state index contributed by atoms with van der Waals surface area (Å²) in [5.74, 6) is 0.856. The van der Waals surface area contributed by atoms with Gasteiger partial charge in [-0.05, 0) is 62.2 Å². The first-order valence-electron chi connectivity index (χ1n) is 9.29. The van der Waals surface area contributed by atoms with E-state index in [9.17, 15) is 0 Å². The SMILES string of the molecule is CC(CNCc1cccc(OCc2cccc(C#N)c2)c1)N(C)C1CC1. The van der Waals surface area contributed by atoms with Gasteiger partial charge in [-0.25, -0.2) is 0 Å². The van der Waals surface area contributed by atoms with Gasteiger partial charge < -0.3 is 10.1 Å². The molecule has 3 rings (SSSR count). The van der Waals surface area contributed by atoms with Gasteiger partial charge in [0.15, 0.2) is 0 Å². The molecule has 1 unspecified atom stereocenters. The molecule has 2 aromatic rings. The maximum atomic E-state index is 8.97. The van der Waals surface area contributed by atoms with Crippen LogP contribution in [0.2, 0.25) is 0 Å². The Balaban J connectivity index is 1.47. The standard InChI is InChI=1S/C22H27N3O/c1-17(25(2)21-9-10-21)14-24-15-19-6-4-8-22(12-19)26-16-20-7-3-5-18(11-20)13-23/h3-8,11-12,17,21,24H,9-10,14-16H2,1-2H3. The summed E-state index contributed by atoms with van der Waals surface area (Å²) in [6.07, 6.45) is 2.69. The van der Waals surface area contributed by atoms with Crippen molar-refractivity contribution in [2.75, 3.05) is 13.6 Å². The molecule has 136 valence electrons. The first kappa shape index (κ1) is 18.4. The Bertz CT molecular complexity index is 764. The number of nitrogens with one attached hydrogen (secondary N) is 1. The van der Waals surface area contributed by atoms with Gasteiger partial charge >= 0.3 is 0 Å². The monoisotopic (exact) mass is 349 g/mol. The van der Waals surface area contributed by atoms with Gasteiger partial charge in [-0.15, -0.1) is 0 Å². The van der Waals surface area contributed by atoms with Crippen LogP contribution in [0.25, 0.3) is 0 Å². The summed E-state index contributed by atoms with van der Waals surface area (Å²) in [5, 5.41) is 12.5. The Hall–Kier alpha value is -2.35. The first-order valence-corrected chi connectivity index (χ1v) is 9.29. The average Bonchev–Trinajstić information content (AvgIpc) is 3.51. The summed E-state index contributed by atoms with van der Waals surface area (Å²) < 4.78 is 5.89. The van der Waals surface area contributed by atoms with Crippen molar-refractivity contribution in [2.24, 2.45) is 0 Å². The number of hydrogen-bond acceptors (Lipinski definition) is 4. The van der Waals surface area contributed by atoms with Gasteiger partial charge in [0, 0.05) is 25.2 Å². The molecule has 0 amide bonds. The van der Waals surface area contributed by atoms with Crippen molar-refractivity contribution in [3.8, 4) is 11.8 Å². The summed E-state index contributed by atoms with van der Waals surface area (Å²) in [7, 11) is 2.22. The number of nitrogens with zero attached hydrogens (tertiary/aromatic N) is 2. The van der Waals surface area contributed by atoms with Crippen LogP contribution in [0.3, 0.4) is 0 Å². The van der Waals surface area contributed by atoms with Crippen molar-refractivity contribution in [1.29, 1.82) is 5.26 Å². The van der Waals surface area contributed by atoms with Crippen molar-refractivity contribution < 1.29 is 4.74 Å². The van der Waals surface area contributed by atoms with Crippen LogP contribution in [0.15, 0.2) is 48.5 Å². The largest absolute Gasteiger partial charge is 0.489 e. The molecule has 1 aliphatic rings. The number of ether oxygens (including phenoxy) is 1. The molecule has 1 saturated carbocycles. The lowest BCUT2D eigenvalue weighted by atomic mass is 10.1. The molecule has 0 radical (unpaired) electrons. The zero-order chi connectivity index (χ0) is 18.4. The molecule has 1 aliphatic carbocycles. The topological polar surface area (TPSA) is 48.3 Å². The van der Waals surface area contributed by atoms with Crippen LogP contribution in [0.5, 0.6) is 5.75 Å². The van der Waals surface area contributed by atoms with Crippen LogP contribution < -0.4 is 10.1 Å². The molecule has 1 atom stereocenters. The minimum absolute atomic E-state index is 0.468. The number of benzene rings is 2. The van der Waals surface area contributed by atoms with Gasteiger partial charge in [0.25, 0.3) is 0 Å². The molecule has 1 fully saturated rings. The fraction of sp³-hybridized carbons (Fsp3) is 0.409. The highest BCUT2D eigenvalue weighted by molar-refractivity contribution is 5.33. The van der Waals surface area contributed by atoms with E-state index in [0.717, 1.165) is 30.4 Å². The van der Waals surface area contributed by atoms with Crippen LogP contribution in [0, 0.1) is 11.3 Å². The second-order valence-electron chi connectivity index (χ2n) is 7.12. The predicted octanol–water partition coefficient (Wildman–Crippen LogP) is 3.71. The van der Waals surface area contributed by atoms with E-state index in [1.165, 1.54) is 18.4 Å². The third kappa shape index (κ3) is 5.32. The van der Waals surface area contributed by atoms with E-state index in [2.05, 4.69) is 42.4 Å². The van der Waals surface area contributed by atoms with Gasteiger partial charge in [0.1, 0.15) is 12.4 Å². The number of likely N-dealkylation sites (N-methyl/N-ethyl adjacent to an activating group) is 1. The van der Waals surface area contributed by atoms with Crippen LogP contribution in [0.1, 0.15) is 36.5 Å². The maximum Gasteiger partial charge on any atom is 0.120 e. The van der Waals surface area contributed by atoms with Crippen molar-refractivity contribution >= 4 is 0 Å². The molecule has 0 aliphatic heterocycles. The highest BCUT2D eigenvalue weighted by atomic mass is 16.5. The smallest absolute Gasteiger partial charge is 0.120 e. The highest BCUT2D eigenvalue weighted by Gasteiger charge is 2.28. The summed E-state index contributed by atoms with van der Waals surface area (Å²) in [4.78, 5) is 2.47. The van der Waals surface area contributed by atoms with Gasteiger partial charge in [-0.3, -0.25) is 4.90 Å². The summed E-state index contributed by atoms with van der Waals surface area (Å²) in [5.41, 5.74) is 2.88. The Morgan fingerprint density at radius 3 is 2.73 bits per heavy atom. The van der Waals surface area contributed by atoms with Crippen molar-refractivity contribution in [2.45, 2.75) is 45.0 Å². The second kappa shape index (κ2) is 8.84. The molecule has 4 heteroatoms. The Morgan fingerprint density at radius 2 is 1.96 bits per heavy atom. The van der Waals surface area contributed by atoms with E-state index >= 15 is 0 Å². The van der Waals surface area contributed by atoms with E-state index in [1.54, 1.807) is 6.07 Å². The lowest BCUT2D eigenvalue weighted by Gasteiger charge is -2.24. The fourth-order valence-corrected chi connectivity index (χ4v) is 3.05. The zero-order valence-electron chi connectivity index (χ0n) is 15.6. The molecular weight excluding hydrogens is 322 g/mol. The average molecular weight is 349 g/mol. The van der Waals surface area contributed by atoms with E-state index in [1.807, 2.05) is 30.3 Å². The van der Waals surface area contributed by atoms with E-state index in [4.69, 9.17) is 10.00 Å². The van der Waals surface area contributed by atoms with Gasteiger partial charge in [-0.2, -0.15) is 5.26 Å². The van der Waals surface area contributed by atoms with Crippen LogP contribution in [-0.4, -0.2) is 30.6 Å². The maximum absolute atomic E-state index is 8.97.